The molecular formula is C39H68O4. The summed E-state index contributed by atoms with van der Waals surface area (Å²) in [5.74, 6) is 2.80. The zero-order valence-corrected chi connectivity index (χ0v) is 28.3. The number of rotatable bonds is 27. The number of carbonyl (C=O) groups excluding carboxylic acids is 2. The molecule has 4 nitrogen and oxygen atoms in total. The van der Waals surface area contributed by atoms with Crippen LogP contribution in [-0.2, 0) is 19.1 Å². The van der Waals surface area contributed by atoms with E-state index in [0.717, 1.165) is 62.7 Å². The summed E-state index contributed by atoms with van der Waals surface area (Å²) in [4.78, 5) is 24.2. The summed E-state index contributed by atoms with van der Waals surface area (Å²) in [6, 6.07) is 0. The molecule has 43 heavy (non-hydrogen) atoms. The van der Waals surface area contributed by atoms with E-state index >= 15 is 0 Å². The van der Waals surface area contributed by atoms with Crippen molar-refractivity contribution < 1.29 is 19.1 Å². The van der Waals surface area contributed by atoms with Gasteiger partial charge in [-0.1, -0.05) is 103 Å². The lowest BCUT2D eigenvalue weighted by molar-refractivity contribution is -0.155. The molecule has 248 valence electrons. The minimum Gasteiger partial charge on any atom is -0.466 e. The highest BCUT2D eigenvalue weighted by molar-refractivity contribution is 5.69. The van der Waals surface area contributed by atoms with Crippen molar-refractivity contribution >= 4 is 11.9 Å². The van der Waals surface area contributed by atoms with Gasteiger partial charge in [-0.15, -0.1) is 0 Å². The van der Waals surface area contributed by atoms with Crippen LogP contribution in [0.4, 0.5) is 0 Å². The van der Waals surface area contributed by atoms with Crippen molar-refractivity contribution in [2.75, 3.05) is 13.2 Å². The minimum absolute atomic E-state index is 0.00721. The summed E-state index contributed by atoms with van der Waals surface area (Å²) in [6.07, 6.45) is 33.4. The van der Waals surface area contributed by atoms with E-state index in [1.165, 1.54) is 128 Å². The number of allylic oxidation sites excluding steroid dienone is 1. The quantitative estimate of drug-likeness (QED) is 0.0534. The third-order valence-corrected chi connectivity index (χ3v) is 10.8. The Balaban J connectivity index is 1.02. The predicted molar refractivity (Wildman–Crippen MR) is 179 cm³/mol. The zero-order chi connectivity index (χ0) is 30.6. The molecule has 4 heteroatoms. The van der Waals surface area contributed by atoms with Crippen molar-refractivity contribution in [1.29, 1.82) is 0 Å². The molecule has 0 radical (unpaired) electrons. The highest BCUT2D eigenvalue weighted by Gasteiger charge is 2.51. The van der Waals surface area contributed by atoms with Gasteiger partial charge in [0.25, 0.3) is 0 Å². The lowest BCUT2D eigenvalue weighted by atomic mass is 9.50. The SMILES string of the molecule is C=C(CCCCCCCCC(=O)OCCCCCCCCC)CCCCCCCC(=O)OCC12CC3CC(CC(C3)C1)C2. The Morgan fingerprint density at radius 2 is 0.953 bits per heavy atom. The molecule has 0 heterocycles. The highest BCUT2D eigenvalue weighted by Crippen LogP contribution is 2.60. The van der Waals surface area contributed by atoms with Crippen LogP contribution in [0.5, 0.6) is 0 Å². The van der Waals surface area contributed by atoms with Gasteiger partial charge < -0.3 is 9.47 Å². The van der Waals surface area contributed by atoms with E-state index < -0.39 is 0 Å². The molecule has 4 fully saturated rings. The second-order valence-corrected chi connectivity index (χ2v) is 15.1. The molecule has 0 aromatic carbocycles. The Morgan fingerprint density at radius 3 is 1.44 bits per heavy atom. The van der Waals surface area contributed by atoms with Crippen molar-refractivity contribution in [3.8, 4) is 0 Å². The second kappa shape index (κ2) is 21.4. The normalized spacial score (nSPS) is 23.9. The fraction of sp³-hybridized carbons (Fsp3) is 0.897. The number of carbonyl (C=O) groups is 2. The first-order valence-electron chi connectivity index (χ1n) is 19.0. The van der Waals surface area contributed by atoms with Gasteiger partial charge in [-0.2, -0.15) is 0 Å². The maximum absolute atomic E-state index is 12.4. The molecule has 0 aromatic heterocycles. The Morgan fingerprint density at radius 1 is 0.558 bits per heavy atom. The lowest BCUT2D eigenvalue weighted by Gasteiger charge is -2.56. The van der Waals surface area contributed by atoms with Crippen LogP contribution in [0.15, 0.2) is 12.2 Å². The Hall–Kier alpha value is -1.32. The van der Waals surface area contributed by atoms with Crippen LogP contribution < -0.4 is 0 Å². The lowest BCUT2D eigenvalue weighted by Crippen LogP contribution is -2.48. The standard InChI is InChI=1S/C39H68O4/c1-3-4-5-6-9-15-20-25-42-37(40)23-18-13-8-7-11-16-21-33(2)22-17-12-10-14-19-24-38(41)43-32-39-29-34-26-35(30-39)28-36(27-34)31-39/h34-36H,2-32H2,1H3. The molecule has 0 amide bonds. The average molecular weight is 601 g/mol. The molecule has 0 N–H and O–H groups in total. The molecule has 0 aromatic rings. The van der Waals surface area contributed by atoms with Crippen LogP contribution in [0.25, 0.3) is 0 Å². The van der Waals surface area contributed by atoms with Crippen LogP contribution >= 0.6 is 0 Å². The van der Waals surface area contributed by atoms with Crippen LogP contribution in [0, 0.1) is 23.2 Å². The maximum atomic E-state index is 12.4. The largest absolute Gasteiger partial charge is 0.466 e. The van der Waals surface area contributed by atoms with Crippen molar-refractivity contribution in [2.45, 2.75) is 187 Å². The van der Waals surface area contributed by atoms with E-state index in [2.05, 4.69) is 13.5 Å². The zero-order valence-electron chi connectivity index (χ0n) is 28.3. The highest BCUT2D eigenvalue weighted by atomic mass is 16.5. The molecule has 0 spiro atoms. The maximum Gasteiger partial charge on any atom is 0.305 e. The van der Waals surface area contributed by atoms with Crippen LogP contribution in [0.2, 0.25) is 0 Å². The summed E-state index contributed by atoms with van der Waals surface area (Å²) in [7, 11) is 0. The number of esters is 2. The molecule has 4 aliphatic carbocycles. The summed E-state index contributed by atoms with van der Waals surface area (Å²) in [5, 5.41) is 0. The summed E-state index contributed by atoms with van der Waals surface area (Å²) < 4.78 is 11.2. The molecular weight excluding hydrogens is 532 g/mol. The third-order valence-electron chi connectivity index (χ3n) is 10.8. The van der Waals surface area contributed by atoms with Crippen LogP contribution in [0.3, 0.4) is 0 Å². The average Bonchev–Trinajstić information content (AvgIpc) is 2.97. The fourth-order valence-electron chi connectivity index (χ4n) is 8.74. The van der Waals surface area contributed by atoms with Crippen molar-refractivity contribution in [1.82, 2.24) is 0 Å². The molecule has 4 bridgehead atoms. The molecule has 4 aliphatic rings. The van der Waals surface area contributed by atoms with Crippen LogP contribution in [0.1, 0.15) is 187 Å². The summed E-state index contributed by atoms with van der Waals surface area (Å²) in [6.45, 7) is 7.86. The van der Waals surface area contributed by atoms with E-state index in [-0.39, 0.29) is 11.9 Å². The molecule has 0 aliphatic heterocycles. The number of unbranched alkanes of at least 4 members (excludes halogenated alkanes) is 15. The predicted octanol–water partition coefficient (Wildman–Crippen LogP) is 11.4. The first-order valence-corrected chi connectivity index (χ1v) is 19.0. The third kappa shape index (κ3) is 15.5. The Bertz CT molecular complexity index is 751. The Kier molecular flexibility index (Phi) is 18.0. The molecule has 4 rings (SSSR count). The second-order valence-electron chi connectivity index (χ2n) is 15.1. The first-order chi connectivity index (χ1) is 21.0. The number of ether oxygens (including phenoxy) is 2. The van der Waals surface area contributed by atoms with E-state index in [0.29, 0.717) is 31.5 Å². The van der Waals surface area contributed by atoms with Crippen LogP contribution in [-0.4, -0.2) is 25.2 Å². The summed E-state index contributed by atoms with van der Waals surface area (Å²) >= 11 is 0. The monoisotopic (exact) mass is 601 g/mol. The van der Waals surface area contributed by atoms with Gasteiger partial charge in [-0.05, 0) is 101 Å². The molecule has 0 saturated heterocycles. The van der Waals surface area contributed by atoms with Gasteiger partial charge in [0.2, 0.25) is 0 Å². The van der Waals surface area contributed by atoms with Gasteiger partial charge in [0, 0.05) is 18.3 Å². The van der Waals surface area contributed by atoms with Gasteiger partial charge in [0.05, 0.1) is 13.2 Å². The van der Waals surface area contributed by atoms with E-state index in [4.69, 9.17) is 9.47 Å². The molecule has 4 saturated carbocycles. The van der Waals surface area contributed by atoms with Crippen molar-refractivity contribution in [3.63, 3.8) is 0 Å². The van der Waals surface area contributed by atoms with E-state index in [1.54, 1.807) is 0 Å². The van der Waals surface area contributed by atoms with Gasteiger partial charge in [0.1, 0.15) is 0 Å². The van der Waals surface area contributed by atoms with E-state index in [9.17, 15) is 9.59 Å². The molecule has 0 unspecified atom stereocenters. The number of hydrogen-bond donors (Lipinski definition) is 0. The minimum atomic E-state index is -0.00721. The van der Waals surface area contributed by atoms with E-state index in [1.807, 2.05) is 0 Å². The van der Waals surface area contributed by atoms with Crippen molar-refractivity contribution in [3.05, 3.63) is 12.2 Å². The Labute approximate surface area is 265 Å². The van der Waals surface area contributed by atoms with Crippen molar-refractivity contribution in [2.24, 2.45) is 23.2 Å². The van der Waals surface area contributed by atoms with Gasteiger partial charge >= 0.3 is 11.9 Å². The van der Waals surface area contributed by atoms with Gasteiger partial charge in [0.15, 0.2) is 0 Å². The molecule has 0 atom stereocenters. The summed E-state index contributed by atoms with van der Waals surface area (Å²) in [5.41, 5.74) is 1.74. The van der Waals surface area contributed by atoms with Gasteiger partial charge in [-0.25, -0.2) is 0 Å². The first kappa shape index (κ1) is 36.2. The topological polar surface area (TPSA) is 52.6 Å². The number of hydrogen-bond acceptors (Lipinski definition) is 4. The smallest absolute Gasteiger partial charge is 0.305 e. The fourth-order valence-corrected chi connectivity index (χ4v) is 8.74. The van der Waals surface area contributed by atoms with Gasteiger partial charge in [-0.3, -0.25) is 9.59 Å².